The number of carboxylic acid groups (broad SMARTS) is 1. The van der Waals surface area contributed by atoms with E-state index in [0.29, 0.717) is 35.0 Å². The van der Waals surface area contributed by atoms with E-state index >= 15 is 0 Å². The third-order valence-corrected chi connectivity index (χ3v) is 8.34. The average molecular weight is 577 g/mol. The molecule has 5 rings (SSSR count). The lowest BCUT2D eigenvalue weighted by Crippen LogP contribution is -2.45. The molecule has 42 heavy (non-hydrogen) atoms. The zero-order valence-corrected chi connectivity index (χ0v) is 24.4. The maximum Gasteiger partial charge on any atom is 0.309 e. The Morgan fingerprint density at radius 1 is 1.07 bits per heavy atom. The molecule has 3 aromatic carbocycles. The maximum absolute atomic E-state index is 14.1. The van der Waals surface area contributed by atoms with E-state index in [2.05, 4.69) is 6.92 Å². The Kier molecular flexibility index (Phi) is 8.68. The number of fused-ring (bicyclic) bond motifs is 1. The van der Waals surface area contributed by atoms with Crippen LogP contribution in [0.2, 0.25) is 0 Å². The van der Waals surface area contributed by atoms with Crippen molar-refractivity contribution in [3.63, 3.8) is 0 Å². The van der Waals surface area contributed by atoms with E-state index in [-0.39, 0.29) is 31.1 Å². The van der Waals surface area contributed by atoms with Crippen LogP contribution in [-0.4, -0.2) is 54.9 Å². The number of benzene rings is 3. The Labute approximate surface area is 245 Å². The van der Waals surface area contributed by atoms with Crippen molar-refractivity contribution < 1.29 is 33.3 Å². The SMILES string of the molecule is CCCC(C)N(C(=O)CN1CC(c2ccc3c(c2)OCO3)[C@H](C(=O)O)[C@H]1c1ccc(OC)cc1)c1ccc(F)c(C)c1. The molecule has 1 N–H and O–H groups in total. The van der Waals surface area contributed by atoms with Crippen LogP contribution in [0, 0.1) is 18.7 Å². The molecular weight excluding hydrogens is 539 g/mol. The molecule has 0 aromatic heterocycles. The molecule has 0 radical (unpaired) electrons. The van der Waals surface area contributed by atoms with Crippen LogP contribution in [0.1, 0.15) is 55.3 Å². The van der Waals surface area contributed by atoms with Gasteiger partial charge in [0.15, 0.2) is 11.5 Å². The molecule has 0 bridgehead atoms. The first-order valence-corrected chi connectivity index (χ1v) is 14.3. The number of halogens is 1. The van der Waals surface area contributed by atoms with Crippen molar-refractivity contribution in [1.29, 1.82) is 0 Å². The third kappa shape index (κ3) is 5.79. The number of carboxylic acids is 1. The van der Waals surface area contributed by atoms with Crippen molar-refractivity contribution in [2.45, 2.75) is 51.6 Å². The number of nitrogens with zero attached hydrogens (tertiary/aromatic N) is 2. The molecule has 0 saturated carbocycles. The lowest BCUT2D eigenvalue weighted by molar-refractivity contribution is -0.143. The molecule has 1 amide bonds. The van der Waals surface area contributed by atoms with Gasteiger partial charge in [0.05, 0.1) is 19.6 Å². The summed E-state index contributed by atoms with van der Waals surface area (Å²) in [4.78, 5) is 30.8. The number of hydrogen-bond acceptors (Lipinski definition) is 6. The molecule has 8 nitrogen and oxygen atoms in total. The molecule has 2 heterocycles. The number of ether oxygens (including phenoxy) is 3. The number of aryl methyl sites for hydroxylation is 1. The molecule has 1 fully saturated rings. The summed E-state index contributed by atoms with van der Waals surface area (Å²) >= 11 is 0. The lowest BCUT2D eigenvalue weighted by atomic mass is 9.82. The lowest BCUT2D eigenvalue weighted by Gasteiger charge is -2.33. The van der Waals surface area contributed by atoms with Gasteiger partial charge in [-0.25, -0.2) is 4.39 Å². The van der Waals surface area contributed by atoms with Crippen molar-refractivity contribution in [3.05, 3.63) is 83.2 Å². The number of aliphatic carboxylic acids is 1. The fraction of sp³-hybridized carbons (Fsp3) is 0.394. The van der Waals surface area contributed by atoms with Gasteiger partial charge in [-0.05, 0) is 79.4 Å². The summed E-state index contributed by atoms with van der Waals surface area (Å²) in [6, 6.07) is 16.9. The monoisotopic (exact) mass is 576 g/mol. The van der Waals surface area contributed by atoms with Gasteiger partial charge in [-0.15, -0.1) is 0 Å². The summed E-state index contributed by atoms with van der Waals surface area (Å²) in [5.74, 6) is -0.827. The normalized spacial score (nSPS) is 20.4. The molecule has 4 atom stereocenters. The van der Waals surface area contributed by atoms with Crippen LogP contribution in [0.4, 0.5) is 10.1 Å². The van der Waals surface area contributed by atoms with E-state index < -0.39 is 23.8 Å². The minimum atomic E-state index is -0.946. The molecule has 2 aliphatic heterocycles. The Morgan fingerprint density at radius 3 is 2.45 bits per heavy atom. The number of likely N-dealkylation sites (tertiary alicyclic amines) is 1. The van der Waals surface area contributed by atoms with E-state index in [1.165, 1.54) is 6.07 Å². The molecular formula is C33H37FN2O6. The van der Waals surface area contributed by atoms with Gasteiger partial charge in [0.2, 0.25) is 12.7 Å². The van der Waals surface area contributed by atoms with E-state index in [1.807, 2.05) is 36.1 Å². The Hall–Kier alpha value is -4.11. The van der Waals surface area contributed by atoms with Gasteiger partial charge >= 0.3 is 5.97 Å². The van der Waals surface area contributed by atoms with Gasteiger partial charge in [-0.1, -0.05) is 31.5 Å². The predicted molar refractivity (Wildman–Crippen MR) is 157 cm³/mol. The molecule has 222 valence electrons. The Bertz CT molecular complexity index is 1440. The quantitative estimate of drug-likeness (QED) is 0.320. The van der Waals surface area contributed by atoms with Crippen LogP contribution in [0.25, 0.3) is 0 Å². The van der Waals surface area contributed by atoms with Gasteiger partial charge in [0.25, 0.3) is 0 Å². The highest BCUT2D eigenvalue weighted by molar-refractivity contribution is 5.95. The highest BCUT2D eigenvalue weighted by Crippen LogP contribution is 2.48. The van der Waals surface area contributed by atoms with Crippen molar-refractivity contribution in [3.8, 4) is 17.2 Å². The summed E-state index contributed by atoms with van der Waals surface area (Å²) in [6.45, 7) is 6.18. The zero-order valence-electron chi connectivity index (χ0n) is 24.4. The van der Waals surface area contributed by atoms with Crippen LogP contribution in [0.5, 0.6) is 17.2 Å². The molecule has 3 aromatic rings. The van der Waals surface area contributed by atoms with Gasteiger partial charge in [0, 0.05) is 30.2 Å². The average Bonchev–Trinajstić information content (AvgIpc) is 3.59. The van der Waals surface area contributed by atoms with Crippen LogP contribution in [-0.2, 0) is 9.59 Å². The predicted octanol–water partition coefficient (Wildman–Crippen LogP) is 5.93. The highest BCUT2D eigenvalue weighted by Gasteiger charge is 2.48. The van der Waals surface area contributed by atoms with Crippen molar-refractivity contribution >= 4 is 17.6 Å². The molecule has 9 heteroatoms. The number of anilines is 1. The van der Waals surface area contributed by atoms with Gasteiger partial charge < -0.3 is 24.2 Å². The summed E-state index contributed by atoms with van der Waals surface area (Å²) in [7, 11) is 1.58. The van der Waals surface area contributed by atoms with Gasteiger partial charge in [-0.3, -0.25) is 14.5 Å². The largest absolute Gasteiger partial charge is 0.497 e. The summed E-state index contributed by atoms with van der Waals surface area (Å²) in [6.07, 6.45) is 1.64. The molecule has 2 aliphatic rings. The van der Waals surface area contributed by atoms with Crippen molar-refractivity contribution in [1.82, 2.24) is 4.90 Å². The summed E-state index contributed by atoms with van der Waals surface area (Å²) in [5, 5.41) is 10.6. The second kappa shape index (κ2) is 12.4. The highest BCUT2D eigenvalue weighted by atomic mass is 19.1. The maximum atomic E-state index is 14.1. The van der Waals surface area contributed by atoms with Gasteiger partial charge in [-0.2, -0.15) is 0 Å². The Balaban J connectivity index is 1.53. The number of rotatable bonds is 10. The number of methoxy groups -OCH3 is 1. The fourth-order valence-corrected chi connectivity index (χ4v) is 6.29. The first kappa shape index (κ1) is 29.4. The molecule has 2 unspecified atom stereocenters. The smallest absolute Gasteiger partial charge is 0.309 e. The standard InChI is InChI=1S/C33H37FN2O6/c1-5-6-21(3)36(24-10-13-27(34)20(2)15-24)30(37)18-35-17-26(23-9-14-28-29(16-23)42-19-41-28)31(33(38)39)32(35)22-7-11-25(40-4)12-8-22/h7-16,21,26,31-32H,5-6,17-19H2,1-4H3,(H,38,39)/t21?,26?,31-,32+/m0/s1. The van der Waals surface area contributed by atoms with Crippen molar-refractivity contribution in [2.24, 2.45) is 5.92 Å². The molecule has 1 saturated heterocycles. The first-order valence-electron chi connectivity index (χ1n) is 14.3. The third-order valence-electron chi connectivity index (χ3n) is 8.34. The van der Waals surface area contributed by atoms with Crippen molar-refractivity contribution in [2.75, 3.05) is 31.9 Å². The first-order chi connectivity index (χ1) is 20.2. The number of amides is 1. The van der Waals surface area contributed by atoms with E-state index in [4.69, 9.17) is 14.2 Å². The minimum absolute atomic E-state index is 0.00793. The summed E-state index contributed by atoms with van der Waals surface area (Å²) in [5.41, 5.74) is 2.68. The number of carbonyl (C=O) groups is 2. The zero-order chi connectivity index (χ0) is 30.0. The second-order valence-corrected chi connectivity index (χ2v) is 11.1. The Morgan fingerprint density at radius 2 is 1.79 bits per heavy atom. The second-order valence-electron chi connectivity index (χ2n) is 11.1. The van der Waals surface area contributed by atoms with Crippen LogP contribution >= 0.6 is 0 Å². The topological polar surface area (TPSA) is 88.5 Å². The summed E-state index contributed by atoms with van der Waals surface area (Å²) < 4.78 is 30.5. The van der Waals surface area contributed by atoms with Crippen LogP contribution in [0.3, 0.4) is 0 Å². The number of carbonyl (C=O) groups excluding carboxylic acids is 1. The van der Waals surface area contributed by atoms with Gasteiger partial charge in [0.1, 0.15) is 11.6 Å². The van der Waals surface area contributed by atoms with Crippen LogP contribution in [0.15, 0.2) is 60.7 Å². The molecule has 0 aliphatic carbocycles. The number of hydrogen-bond donors (Lipinski definition) is 1. The van der Waals surface area contributed by atoms with E-state index in [9.17, 15) is 19.1 Å². The van der Waals surface area contributed by atoms with E-state index in [0.717, 1.165) is 24.0 Å². The fourth-order valence-electron chi connectivity index (χ4n) is 6.29. The molecule has 0 spiro atoms. The van der Waals surface area contributed by atoms with E-state index in [1.54, 1.807) is 49.3 Å². The minimum Gasteiger partial charge on any atom is -0.497 e. The van der Waals surface area contributed by atoms with Crippen LogP contribution < -0.4 is 19.1 Å².